The van der Waals surface area contributed by atoms with E-state index in [9.17, 15) is 4.79 Å². The Morgan fingerprint density at radius 1 is 1.73 bits per heavy atom. The molecule has 3 nitrogen and oxygen atoms in total. The molecule has 0 bridgehead atoms. The van der Waals surface area contributed by atoms with Crippen LogP contribution in [0.15, 0.2) is 0 Å². The lowest BCUT2D eigenvalue weighted by Crippen LogP contribution is -2.47. The molecule has 1 rings (SSSR count). The highest BCUT2D eigenvalue weighted by molar-refractivity contribution is 7.81. The molecule has 0 aliphatic heterocycles. The maximum atomic E-state index is 10.8. The molecule has 0 aromatic carbocycles. The van der Waals surface area contributed by atoms with Crippen molar-refractivity contribution in [3.05, 3.63) is 0 Å². The molecular formula is C7H13NO2S. The van der Waals surface area contributed by atoms with Crippen LogP contribution in [-0.4, -0.2) is 30.9 Å². The molecule has 64 valence electrons. The van der Waals surface area contributed by atoms with Gasteiger partial charge in [0.25, 0.3) is 0 Å². The van der Waals surface area contributed by atoms with Gasteiger partial charge < -0.3 is 10.1 Å². The van der Waals surface area contributed by atoms with Gasteiger partial charge in [-0.25, -0.2) is 0 Å². The van der Waals surface area contributed by atoms with E-state index in [1.54, 1.807) is 7.11 Å². The fourth-order valence-electron chi connectivity index (χ4n) is 1.15. The second kappa shape index (κ2) is 3.97. The number of nitrogens with one attached hydrogen (secondary N) is 1. The van der Waals surface area contributed by atoms with Gasteiger partial charge in [-0.2, -0.15) is 12.6 Å². The number of ether oxygens (including phenoxy) is 1. The molecule has 1 N–H and O–H groups in total. The summed E-state index contributed by atoms with van der Waals surface area (Å²) in [5.41, 5.74) is 0. The summed E-state index contributed by atoms with van der Waals surface area (Å²) in [6.45, 7) is 0. The summed E-state index contributed by atoms with van der Waals surface area (Å²) in [5, 5.41) is 2.84. The highest BCUT2D eigenvalue weighted by Gasteiger charge is 2.29. The summed E-state index contributed by atoms with van der Waals surface area (Å²) in [7, 11) is 1.70. The molecule has 0 saturated heterocycles. The summed E-state index contributed by atoms with van der Waals surface area (Å²) in [5.74, 6) is 0.279. The monoisotopic (exact) mass is 175 g/mol. The Kier molecular flexibility index (Phi) is 3.20. The second-order valence-electron chi connectivity index (χ2n) is 2.75. The third-order valence-electron chi connectivity index (χ3n) is 1.94. The molecule has 1 aliphatic carbocycles. The van der Waals surface area contributed by atoms with Crippen LogP contribution >= 0.6 is 12.6 Å². The number of rotatable bonds is 3. The molecule has 0 radical (unpaired) electrons. The van der Waals surface area contributed by atoms with E-state index in [0.717, 1.165) is 12.8 Å². The van der Waals surface area contributed by atoms with E-state index in [1.165, 1.54) is 0 Å². The van der Waals surface area contributed by atoms with Crippen molar-refractivity contribution in [1.29, 1.82) is 0 Å². The topological polar surface area (TPSA) is 38.3 Å². The normalized spacial score (nSPS) is 29.3. The van der Waals surface area contributed by atoms with Gasteiger partial charge in [0.2, 0.25) is 5.91 Å². The quantitative estimate of drug-likeness (QED) is 0.602. The van der Waals surface area contributed by atoms with E-state index in [-0.39, 0.29) is 11.7 Å². The van der Waals surface area contributed by atoms with Gasteiger partial charge in [0.05, 0.1) is 11.9 Å². The van der Waals surface area contributed by atoms with Crippen molar-refractivity contribution in [3.8, 4) is 0 Å². The smallest absolute Gasteiger partial charge is 0.229 e. The van der Waals surface area contributed by atoms with Crippen molar-refractivity contribution >= 4 is 18.5 Å². The maximum absolute atomic E-state index is 10.8. The first-order chi connectivity index (χ1) is 5.26. The Balaban J connectivity index is 2.08. The van der Waals surface area contributed by atoms with E-state index in [4.69, 9.17) is 4.74 Å². The minimum absolute atomic E-state index is 0.00730. The van der Waals surface area contributed by atoms with Crippen LogP contribution < -0.4 is 5.32 Å². The third kappa shape index (κ3) is 2.38. The SMILES string of the molecule is COC1CC(NC(=O)CS)C1. The molecule has 0 aromatic heterocycles. The Bertz CT molecular complexity index is 145. The molecule has 1 fully saturated rings. The molecule has 1 aliphatic rings. The molecule has 0 heterocycles. The molecule has 1 amide bonds. The van der Waals surface area contributed by atoms with Crippen LogP contribution in [0.3, 0.4) is 0 Å². The number of amides is 1. The molecule has 0 unspecified atom stereocenters. The Morgan fingerprint density at radius 2 is 2.36 bits per heavy atom. The summed E-state index contributed by atoms with van der Waals surface area (Å²) in [6, 6.07) is 0.319. The summed E-state index contributed by atoms with van der Waals surface area (Å²) < 4.78 is 5.06. The van der Waals surface area contributed by atoms with Gasteiger partial charge in [-0.3, -0.25) is 4.79 Å². The Morgan fingerprint density at radius 3 is 2.82 bits per heavy atom. The highest BCUT2D eigenvalue weighted by Crippen LogP contribution is 2.22. The largest absolute Gasteiger partial charge is 0.381 e. The van der Waals surface area contributed by atoms with Crippen LogP contribution in [-0.2, 0) is 9.53 Å². The van der Waals surface area contributed by atoms with Crippen LogP contribution in [0.5, 0.6) is 0 Å². The van der Waals surface area contributed by atoms with Gasteiger partial charge in [-0.15, -0.1) is 0 Å². The predicted molar refractivity (Wildman–Crippen MR) is 45.8 cm³/mol. The number of carbonyl (C=O) groups is 1. The second-order valence-corrected chi connectivity index (χ2v) is 3.07. The van der Waals surface area contributed by atoms with Gasteiger partial charge in [0.1, 0.15) is 0 Å². The molecule has 0 atom stereocenters. The molecule has 0 aromatic rings. The molecule has 11 heavy (non-hydrogen) atoms. The summed E-state index contributed by atoms with van der Waals surface area (Å²) in [6.07, 6.45) is 2.23. The van der Waals surface area contributed by atoms with E-state index in [2.05, 4.69) is 17.9 Å². The first-order valence-electron chi connectivity index (χ1n) is 3.69. The number of hydrogen-bond donors (Lipinski definition) is 2. The first-order valence-corrected chi connectivity index (χ1v) is 4.32. The fraction of sp³-hybridized carbons (Fsp3) is 0.857. The van der Waals surface area contributed by atoms with E-state index >= 15 is 0 Å². The third-order valence-corrected chi connectivity index (χ3v) is 2.22. The van der Waals surface area contributed by atoms with Gasteiger partial charge in [0, 0.05) is 13.2 Å². The summed E-state index contributed by atoms with van der Waals surface area (Å²) >= 11 is 3.86. The van der Waals surface area contributed by atoms with Crippen LogP contribution in [0.2, 0.25) is 0 Å². The zero-order chi connectivity index (χ0) is 8.27. The predicted octanol–water partition coefficient (Wildman–Crippen LogP) is 0.210. The van der Waals surface area contributed by atoms with Crippen LogP contribution in [0.25, 0.3) is 0 Å². The van der Waals surface area contributed by atoms with Crippen LogP contribution in [0.4, 0.5) is 0 Å². The van der Waals surface area contributed by atoms with E-state index < -0.39 is 0 Å². The van der Waals surface area contributed by atoms with Gasteiger partial charge in [-0.1, -0.05) is 0 Å². The van der Waals surface area contributed by atoms with E-state index in [1.807, 2.05) is 0 Å². The first kappa shape index (κ1) is 8.87. The minimum atomic E-state index is 0.00730. The van der Waals surface area contributed by atoms with E-state index in [0.29, 0.717) is 12.1 Å². The van der Waals surface area contributed by atoms with Crippen molar-refractivity contribution in [2.24, 2.45) is 0 Å². The van der Waals surface area contributed by atoms with Crippen LogP contribution in [0, 0.1) is 0 Å². The standard InChI is InChI=1S/C7H13NO2S/c1-10-6-2-5(3-6)8-7(9)4-11/h5-6,11H,2-4H2,1H3,(H,8,9). The zero-order valence-corrected chi connectivity index (χ0v) is 7.43. The maximum Gasteiger partial charge on any atom is 0.229 e. The van der Waals surface area contributed by atoms with Crippen molar-refractivity contribution < 1.29 is 9.53 Å². The Labute approximate surface area is 71.9 Å². The average Bonchev–Trinajstić information content (AvgIpc) is 1.95. The van der Waals surface area contributed by atoms with Crippen molar-refractivity contribution in [1.82, 2.24) is 5.32 Å². The highest BCUT2D eigenvalue weighted by atomic mass is 32.1. The zero-order valence-electron chi connectivity index (χ0n) is 6.54. The van der Waals surface area contributed by atoms with Crippen molar-refractivity contribution in [2.75, 3.05) is 12.9 Å². The average molecular weight is 175 g/mol. The number of carbonyl (C=O) groups excluding carboxylic acids is 1. The lowest BCUT2D eigenvalue weighted by atomic mass is 9.89. The lowest BCUT2D eigenvalue weighted by molar-refractivity contribution is -0.120. The van der Waals surface area contributed by atoms with Gasteiger partial charge >= 0.3 is 0 Å². The fourth-order valence-corrected chi connectivity index (χ4v) is 1.24. The van der Waals surface area contributed by atoms with Gasteiger partial charge in [-0.05, 0) is 12.8 Å². The number of methoxy groups -OCH3 is 1. The number of thiol groups is 1. The Hall–Kier alpha value is -0.220. The van der Waals surface area contributed by atoms with Gasteiger partial charge in [0.15, 0.2) is 0 Å². The molecular weight excluding hydrogens is 162 g/mol. The summed E-state index contributed by atoms with van der Waals surface area (Å²) in [4.78, 5) is 10.8. The minimum Gasteiger partial charge on any atom is -0.381 e. The molecule has 0 spiro atoms. The number of hydrogen-bond acceptors (Lipinski definition) is 3. The lowest BCUT2D eigenvalue weighted by Gasteiger charge is -2.34. The molecule has 4 heteroatoms. The van der Waals surface area contributed by atoms with Crippen molar-refractivity contribution in [2.45, 2.75) is 25.0 Å². The van der Waals surface area contributed by atoms with Crippen LogP contribution in [0.1, 0.15) is 12.8 Å². The molecule has 1 saturated carbocycles. The van der Waals surface area contributed by atoms with Crippen molar-refractivity contribution in [3.63, 3.8) is 0 Å².